The Bertz CT molecular complexity index is 2870. The van der Waals surface area contributed by atoms with Crippen molar-refractivity contribution in [3.8, 4) is 44.7 Å². The van der Waals surface area contributed by atoms with E-state index in [4.69, 9.17) is 4.42 Å². The molecular formula is C51H34N2O. The molecule has 3 heteroatoms. The average molecular weight is 691 g/mol. The lowest BCUT2D eigenvalue weighted by Gasteiger charge is -2.26. The maximum atomic E-state index is 6.13. The summed E-state index contributed by atoms with van der Waals surface area (Å²) in [6, 6.07) is 69.6. The number of benzene rings is 8. The van der Waals surface area contributed by atoms with Gasteiger partial charge < -0.3 is 9.32 Å². The van der Waals surface area contributed by atoms with Crippen LogP contribution in [0.5, 0.6) is 0 Å². The number of fused-ring (bicyclic) bond motifs is 3. The Morgan fingerprint density at radius 2 is 0.741 bits per heavy atom. The van der Waals surface area contributed by atoms with Gasteiger partial charge in [0.05, 0.1) is 6.20 Å². The van der Waals surface area contributed by atoms with Crippen LogP contribution in [0, 0.1) is 0 Å². The lowest BCUT2D eigenvalue weighted by atomic mass is 9.98. The molecule has 0 saturated heterocycles. The van der Waals surface area contributed by atoms with Crippen LogP contribution in [0.15, 0.2) is 211 Å². The number of aromatic nitrogens is 1. The van der Waals surface area contributed by atoms with Gasteiger partial charge in [-0.1, -0.05) is 121 Å². The van der Waals surface area contributed by atoms with Gasteiger partial charge in [0.15, 0.2) is 5.58 Å². The number of hydrogen-bond donors (Lipinski definition) is 0. The summed E-state index contributed by atoms with van der Waals surface area (Å²) in [5.41, 5.74) is 12.2. The van der Waals surface area contributed by atoms with Crippen LogP contribution < -0.4 is 4.90 Å². The first-order valence-electron chi connectivity index (χ1n) is 18.2. The summed E-state index contributed by atoms with van der Waals surface area (Å²) in [4.78, 5) is 6.52. The number of rotatable bonds is 7. The predicted octanol–water partition coefficient (Wildman–Crippen LogP) is 14.3. The standard InChI is InChI=1S/C51H34N2O/c1-3-7-42-31-44(15-13-35(42)5-1)39-11-9-37(10-12-39)38-17-23-47(24-18-38)53(49-27-21-41(22-28-49)50-33-46-29-30-52-34-51(46)54-50)48-25-19-40(20-26-48)45-16-14-36-6-2-4-8-43(36)32-45/h1-34H. The lowest BCUT2D eigenvalue weighted by molar-refractivity contribution is 0.630. The molecule has 0 unspecified atom stereocenters. The normalized spacial score (nSPS) is 11.3. The summed E-state index contributed by atoms with van der Waals surface area (Å²) < 4.78 is 6.13. The van der Waals surface area contributed by atoms with E-state index in [0.29, 0.717) is 0 Å². The Labute approximate surface area is 314 Å². The molecule has 54 heavy (non-hydrogen) atoms. The first kappa shape index (κ1) is 31.5. The first-order valence-corrected chi connectivity index (χ1v) is 18.2. The number of pyridine rings is 1. The van der Waals surface area contributed by atoms with E-state index in [-0.39, 0.29) is 0 Å². The van der Waals surface area contributed by atoms with Crippen LogP contribution in [-0.2, 0) is 0 Å². The van der Waals surface area contributed by atoms with Crippen molar-refractivity contribution in [1.29, 1.82) is 0 Å². The molecule has 8 aromatic carbocycles. The van der Waals surface area contributed by atoms with E-state index in [1.165, 1.54) is 54.9 Å². The third-order valence-electron chi connectivity index (χ3n) is 10.4. The summed E-state index contributed by atoms with van der Waals surface area (Å²) in [5, 5.41) is 6.04. The highest BCUT2D eigenvalue weighted by Crippen LogP contribution is 2.39. The van der Waals surface area contributed by atoms with E-state index >= 15 is 0 Å². The molecule has 0 aliphatic heterocycles. The number of furan rings is 1. The Kier molecular flexibility index (Phi) is 7.81. The molecule has 254 valence electrons. The molecule has 0 amide bonds. The van der Waals surface area contributed by atoms with Crippen LogP contribution in [0.2, 0.25) is 0 Å². The van der Waals surface area contributed by atoms with E-state index in [1.807, 2.05) is 6.07 Å². The van der Waals surface area contributed by atoms with E-state index in [2.05, 4.69) is 198 Å². The molecule has 0 bridgehead atoms. The maximum absolute atomic E-state index is 6.13. The Hall–Kier alpha value is -7.23. The second kappa shape index (κ2) is 13.4. The molecule has 0 atom stereocenters. The summed E-state index contributed by atoms with van der Waals surface area (Å²) in [7, 11) is 0. The van der Waals surface area contributed by atoms with Crippen molar-refractivity contribution in [2.45, 2.75) is 0 Å². The summed E-state index contributed by atoms with van der Waals surface area (Å²) >= 11 is 0. The van der Waals surface area contributed by atoms with E-state index in [1.54, 1.807) is 12.4 Å². The van der Waals surface area contributed by atoms with Crippen molar-refractivity contribution in [3.63, 3.8) is 0 Å². The molecule has 3 nitrogen and oxygen atoms in total. The largest absolute Gasteiger partial charge is 0.454 e. The van der Waals surface area contributed by atoms with Crippen LogP contribution in [-0.4, -0.2) is 4.98 Å². The number of anilines is 3. The van der Waals surface area contributed by atoms with Gasteiger partial charge >= 0.3 is 0 Å². The topological polar surface area (TPSA) is 29.3 Å². The van der Waals surface area contributed by atoms with Crippen LogP contribution in [0.1, 0.15) is 0 Å². The fraction of sp³-hybridized carbons (Fsp3) is 0. The van der Waals surface area contributed by atoms with E-state index in [0.717, 1.165) is 39.4 Å². The summed E-state index contributed by atoms with van der Waals surface area (Å²) in [6.45, 7) is 0. The van der Waals surface area contributed by atoms with Crippen LogP contribution in [0.25, 0.3) is 77.2 Å². The van der Waals surface area contributed by atoms with Crippen molar-refractivity contribution < 1.29 is 4.42 Å². The Balaban J connectivity index is 0.975. The number of hydrogen-bond acceptors (Lipinski definition) is 3. The van der Waals surface area contributed by atoms with E-state index in [9.17, 15) is 0 Å². The lowest BCUT2D eigenvalue weighted by Crippen LogP contribution is -2.09. The summed E-state index contributed by atoms with van der Waals surface area (Å²) in [6.07, 6.45) is 3.56. The van der Waals surface area contributed by atoms with Gasteiger partial charge in [0.25, 0.3) is 0 Å². The van der Waals surface area contributed by atoms with Gasteiger partial charge in [-0.3, -0.25) is 4.98 Å². The van der Waals surface area contributed by atoms with Crippen molar-refractivity contribution in [2.75, 3.05) is 4.90 Å². The highest BCUT2D eigenvalue weighted by atomic mass is 16.3. The van der Waals surface area contributed by atoms with Gasteiger partial charge in [-0.15, -0.1) is 0 Å². The van der Waals surface area contributed by atoms with Crippen LogP contribution in [0.3, 0.4) is 0 Å². The van der Waals surface area contributed by atoms with Gasteiger partial charge in [0, 0.05) is 34.2 Å². The molecule has 0 saturated carbocycles. The van der Waals surface area contributed by atoms with Crippen molar-refractivity contribution in [2.24, 2.45) is 0 Å². The highest BCUT2D eigenvalue weighted by molar-refractivity contribution is 5.89. The zero-order chi connectivity index (χ0) is 35.8. The first-order chi connectivity index (χ1) is 26.7. The molecule has 0 spiro atoms. The molecule has 0 aliphatic rings. The minimum absolute atomic E-state index is 0.785. The monoisotopic (exact) mass is 690 g/mol. The zero-order valence-electron chi connectivity index (χ0n) is 29.4. The molecule has 0 aliphatic carbocycles. The molecule has 0 radical (unpaired) electrons. The minimum atomic E-state index is 0.785. The van der Waals surface area contributed by atoms with Crippen molar-refractivity contribution >= 4 is 49.6 Å². The van der Waals surface area contributed by atoms with Crippen LogP contribution >= 0.6 is 0 Å². The van der Waals surface area contributed by atoms with Gasteiger partial charge in [-0.2, -0.15) is 0 Å². The molecule has 0 N–H and O–H groups in total. The quantitative estimate of drug-likeness (QED) is 0.167. The zero-order valence-corrected chi connectivity index (χ0v) is 29.4. The van der Waals surface area contributed by atoms with Gasteiger partial charge in [0.1, 0.15) is 5.76 Å². The second-order valence-electron chi connectivity index (χ2n) is 13.7. The van der Waals surface area contributed by atoms with Crippen molar-refractivity contribution in [3.05, 3.63) is 207 Å². The fourth-order valence-corrected chi connectivity index (χ4v) is 7.45. The predicted molar refractivity (Wildman–Crippen MR) is 225 cm³/mol. The third-order valence-corrected chi connectivity index (χ3v) is 10.4. The smallest absolute Gasteiger partial charge is 0.153 e. The maximum Gasteiger partial charge on any atom is 0.153 e. The number of nitrogens with zero attached hydrogens (tertiary/aromatic N) is 2. The molecule has 0 fully saturated rings. The van der Waals surface area contributed by atoms with Gasteiger partial charge in [0.2, 0.25) is 0 Å². The molecule has 2 heterocycles. The Morgan fingerprint density at radius 1 is 0.333 bits per heavy atom. The SMILES string of the molecule is c1ccc2cc(-c3ccc(-c4ccc(N(c5ccc(-c6ccc7ccccc7c6)cc5)c5ccc(-c6cc7ccncc7o6)cc5)cc4)cc3)ccc2c1. The average Bonchev–Trinajstić information content (AvgIpc) is 3.69. The van der Waals surface area contributed by atoms with Crippen LogP contribution in [0.4, 0.5) is 17.1 Å². The molecule has 2 aromatic heterocycles. The molecule has 10 rings (SSSR count). The molecule has 10 aromatic rings. The van der Waals surface area contributed by atoms with Gasteiger partial charge in [-0.25, -0.2) is 0 Å². The van der Waals surface area contributed by atoms with Gasteiger partial charge in [-0.05, 0) is 128 Å². The summed E-state index contributed by atoms with van der Waals surface area (Å²) in [5.74, 6) is 0.826. The van der Waals surface area contributed by atoms with Crippen molar-refractivity contribution in [1.82, 2.24) is 4.98 Å². The fourth-order valence-electron chi connectivity index (χ4n) is 7.45. The molecular weight excluding hydrogens is 657 g/mol. The second-order valence-corrected chi connectivity index (χ2v) is 13.7. The minimum Gasteiger partial charge on any atom is -0.454 e. The third kappa shape index (κ3) is 5.98. The van der Waals surface area contributed by atoms with E-state index < -0.39 is 0 Å². The highest BCUT2D eigenvalue weighted by Gasteiger charge is 2.15. The Morgan fingerprint density at radius 3 is 1.22 bits per heavy atom.